The number of thiazole rings is 1. The van der Waals surface area contributed by atoms with E-state index in [0.29, 0.717) is 24.9 Å². The molecule has 1 saturated heterocycles. The zero-order valence-corrected chi connectivity index (χ0v) is 17.4. The zero-order chi connectivity index (χ0) is 19.3. The average Bonchev–Trinajstić information content (AvgIpc) is 3.18. The summed E-state index contributed by atoms with van der Waals surface area (Å²) in [6, 6.07) is 6.19. The van der Waals surface area contributed by atoms with Crippen LogP contribution < -0.4 is 9.80 Å². The molecular weight excluding hydrogens is 398 g/mol. The lowest BCUT2D eigenvalue weighted by atomic mass is 10.3. The Hall–Kier alpha value is -1.81. The molecule has 28 heavy (non-hydrogen) atoms. The van der Waals surface area contributed by atoms with Crippen LogP contribution in [0.1, 0.15) is 0 Å². The van der Waals surface area contributed by atoms with Gasteiger partial charge in [0, 0.05) is 4.90 Å². The van der Waals surface area contributed by atoms with Crippen LogP contribution in [0.15, 0.2) is 35.1 Å². The van der Waals surface area contributed by atoms with Crippen LogP contribution in [0.25, 0.3) is 10.2 Å². The predicted molar refractivity (Wildman–Crippen MR) is 110 cm³/mol. The Kier molecular flexibility index (Phi) is 6.36. The van der Waals surface area contributed by atoms with E-state index in [1.54, 1.807) is 16.7 Å². The molecule has 2 aromatic rings. The van der Waals surface area contributed by atoms with Gasteiger partial charge in [0.2, 0.25) is 5.76 Å². The highest BCUT2D eigenvalue weighted by Crippen LogP contribution is 2.32. The van der Waals surface area contributed by atoms with Crippen LogP contribution in [0.4, 0.5) is 5.13 Å². The average molecular weight is 423 g/mol. The van der Waals surface area contributed by atoms with Gasteiger partial charge in [0.05, 0.1) is 36.5 Å². The SMILES string of the molecule is CSc1ccc2nc(N(CC[NH+]3CCOCC3)C(=O)C3=COCCO3)sc2c1. The van der Waals surface area contributed by atoms with Gasteiger partial charge in [0.25, 0.3) is 5.91 Å². The first-order valence-corrected chi connectivity index (χ1v) is 11.4. The maximum atomic E-state index is 13.2. The van der Waals surface area contributed by atoms with Crippen LogP contribution in [0.2, 0.25) is 0 Å². The molecule has 1 fully saturated rings. The van der Waals surface area contributed by atoms with E-state index in [2.05, 4.69) is 18.4 Å². The number of nitrogens with one attached hydrogen (secondary N) is 1. The Bertz CT molecular complexity index is 864. The molecule has 150 valence electrons. The van der Waals surface area contributed by atoms with Gasteiger partial charge >= 0.3 is 0 Å². The second-order valence-electron chi connectivity index (χ2n) is 6.60. The van der Waals surface area contributed by atoms with Crippen molar-refractivity contribution < 1.29 is 23.9 Å². The van der Waals surface area contributed by atoms with Gasteiger partial charge in [-0.25, -0.2) is 4.98 Å². The molecule has 0 radical (unpaired) electrons. The van der Waals surface area contributed by atoms with Gasteiger partial charge in [-0.15, -0.1) is 11.8 Å². The number of carbonyl (C=O) groups excluding carboxylic acids is 1. The summed E-state index contributed by atoms with van der Waals surface area (Å²) < 4.78 is 17.3. The molecule has 9 heteroatoms. The molecular formula is C19H24N3O4S2+. The monoisotopic (exact) mass is 422 g/mol. The lowest BCUT2D eigenvalue weighted by Crippen LogP contribution is -3.14. The first-order chi connectivity index (χ1) is 13.7. The summed E-state index contributed by atoms with van der Waals surface area (Å²) in [5.41, 5.74) is 0.907. The van der Waals surface area contributed by atoms with Crippen LogP contribution in [-0.4, -0.2) is 69.8 Å². The smallest absolute Gasteiger partial charge is 0.298 e. The minimum absolute atomic E-state index is 0.198. The fourth-order valence-electron chi connectivity index (χ4n) is 3.21. The van der Waals surface area contributed by atoms with Gasteiger partial charge in [0.1, 0.15) is 32.6 Å². The lowest BCUT2D eigenvalue weighted by molar-refractivity contribution is -0.906. The molecule has 0 spiro atoms. The number of morpholine rings is 1. The van der Waals surface area contributed by atoms with E-state index in [-0.39, 0.29) is 11.7 Å². The van der Waals surface area contributed by atoms with Crippen molar-refractivity contribution in [2.24, 2.45) is 0 Å². The van der Waals surface area contributed by atoms with Gasteiger partial charge in [0.15, 0.2) is 5.13 Å². The fourth-order valence-corrected chi connectivity index (χ4v) is 4.76. The van der Waals surface area contributed by atoms with E-state index in [9.17, 15) is 4.79 Å². The summed E-state index contributed by atoms with van der Waals surface area (Å²) >= 11 is 3.23. The number of anilines is 1. The third-order valence-corrected chi connectivity index (χ3v) is 6.58. The lowest BCUT2D eigenvalue weighted by Gasteiger charge is -2.27. The Labute approximate surface area is 172 Å². The molecule has 0 aliphatic carbocycles. The Balaban J connectivity index is 1.59. The van der Waals surface area contributed by atoms with Crippen LogP contribution in [0, 0.1) is 0 Å². The quantitative estimate of drug-likeness (QED) is 0.705. The van der Waals surface area contributed by atoms with E-state index in [1.165, 1.54) is 27.4 Å². The number of quaternary nitrogens is 1. The molecule has 4 rings (SSSR count). The molecule has 0 atom stereocenters. The molecule has 1 N–H and O–H groups in total. The van der Waals surface area contributed by atoms with Gasteiger partial charge in [-0.2, -0.15) is 0 Å². The maximum absolute atomic E-state index is 13.2. The number of benzene rings is 1. The van der Waals surface area contributed by atoms with Gasteiger partial charge < -0.3 is 19.1 Å². The molecule has 1 amide bonds. The van der Waals surface area contributed by atoms with Gasteiger partial charge in [-0.05, 0) is 24.5 Å². The van der Waals surface area contributed by atoms with E-state index in [0.717, 1.165) is 43.1 Å². The van der Waals surface area contributed by atoms with Crippen molar-refractivity contribution in [2.75, 3.05) is 63.8 Å². The van der Waals surface area contributed by atoms with Crippen molar-refractivity contribution in [1.29, 1.82) is 0 Å². The number of ether oxygens (including phenoxy) is 3. The molecule has 1 aromatic carbocycles. The first kappa shape index (κ1) is 19.5. The number of hydrogen-bond donors (Lipinski definition) is 1. The van der Waals surface area contributed by atoms with Crippen molar-refractivity contribution >= 4 is 44.4 Å². The standard InChI is InChI=1S/C19H23N3O4S2/c1-27-14-2-3-15-17(12-14)28-19(20-15)22(5-4-21-6-8-24-9-7-21)18(23)16-13-25-10-11-26-16/h2-3,12-13H,4-11H2,1H3/p+1. The van der Waals surface area contributed by atoms with E-state index >= 15 is 0 Å². The third-order valence-electron chi connectivity index (χ3n) is 4.81. The van der Waals surface area contributed by atoms with Crippen LogP contribution in [0.5, 0.6) is 0 Å². The molecule has 2 aliphatic heterocycles. The van der Waals surface area contributed by atoms with Crippen LogP contribution in [0.3, 0.4) is 0 Å². The van der Waals surface area contributed by atoms with Crippen LogP contribution in [-0.2, 0) is 19.0 Å². The molecule has 1 aromatic heterocycles. The molecule has 3 heterocycles. The third kappa shape index (κ3) is 4.43. The van der Waals surface area contributed by atoms with E-state index in [1.807, 2.05) is 6.07 Å². The molecule has 7 nitrogen and oxygen atoms in total. The minimum atomic E-state index is -0.198. The van der Waals surface area contributed by atoms with E-state index < -0.39 is 0 Å². The Morgan fingerprint density at radius 3 is 2.89 bits per heavy atom. The molecule has 2 aliphatic rings. The fraction of sp³-hybridized carbons (Fsp3) is 0.474. The normalized spacial score (nSPS) is 17.7. The summed E-state index contributed by atoms with van der Waals surface area (Å²) in [5, 5.41) is 0.695. The van der Waals surface area contributed by atoms with Crippen molar-refractivity contribution in [3.05, 3.63) is 30.2 Å². The zero-order valence-electron chi connectivity index (χ0n) is 15.8. The number of amides is 1. The maximum Gasteiger partial charge on any atom is 0.298 e. The van der Waals surface area contributed by atoms with Gasteiger partial charge in [-0.1, -0.05) is 11.3 Å². The van der Waals surface area contributed by atoms with Crippen molar-refractivity contribution in [1.82, 2.24) is 4.98 Å². The highest BCUT2D eigenvalue weighted by Gasteiger charge is 2.28. The van der Waals surface area contributed by atoms with Crippen molar-refractivity contribution in [2.45, 2.75) is 4.90 Å². The Morgan fingerprint density at radius 1 is 1.29 bits per heavy atom. The molecule has 0 bridgehead atoms. The number of rotatable bonds is 6. The first-order valence-electron chi connectivity index (χ1n) is 9.37. The number of carbonyl (C=O) groups is 1. The second-order valence-corrected chi connectivity index (χ2v) is 8.49. The van der Waals surface area contributed by atoms with Crippen molar-refractivity contribution in [3.63, 3.8) is 0 Å². The van der Waals surface area contributed by atoms with E-state index in [4.69, 9.17) is 19.2 Å². The number of nitrogens with zero attached hydrogens (tertiary/aromatic N) is 2. The van der Waals surface area contributed by atoms with Gasteiger partial charge in [-0.3, -0.25) is 9.69 Å². The Morgan fingerprint density at radius 2 is 2.14 bits per heavy atom. The highest BCUT2D eigenvalue weighted by molar-refractivity contribution is 7.98. The number of hydrogen-bond acceptors (Lipinski definition) is 7. The summed E-state index contributed by atoms with van der Waals surface area (Å²) in [4.78, 5) is 22.2. The summed E-state index contributed by atoms with van der Waals surface area (Å²) in [5.74, 6) is 0.0452. The largest absolute Gasteiger partial charge is 0.494 e. The second kappa shape index (κ2) is 9.13. The predicted octanol–water partition coefficient (Wildman–Crippen LogP) is 1.15. The summed E-state index contributed by atoms with van der Waals surface area (Å²) in [6.07, 6.45) is 3.47. The summed E-state index contributed by atoms with van der Waals surface area (Å²) in [7, 11) is 0. The number of aromatic nitrogens is 1. The molecule has 0 saturated carbocycles. The molecule has 0 unspecified atom stereocenters. The number of fused-ring (bicyclic) bond motifs is 1. The van der Waals surface area contributed by atoms with Crippen LogP contribution >= 0.6 is 23.1 Å². The highest BCUT2D eigenvalue weighted by atomic mass is 32.2. The topological polar surface area (TPSA) is 65.3 Å². The summed E-state index contributed by atoms with van der Waals surface area (Å²) in [6.45, 7) is 5.72. The minimum Gasteiger partial charge on any atom is -0.494 e. The van der Waals surface area contributed by atoms with Crippen molar-refractivity contribution in [3.8, 4) is 0 Å². The number of thioether (sulfide) groups is 1.